The summed E-state index contributed by atoms with van der Waals surface area (Å²) in [4.78, 5) is 2.31. The molecule has 0 saturated carbocycles. The quantitative estimate of drug-likeness (QED) is 0.850. The molecule has 2 atom stereocenters. The van der Waals surface area contributed by atoms with Gasteiger partial charge in [0.1, 0.15) is 5.75 Å². The van der Waals surface area contributed by atoms with Crippen LogP contribution in [-0.4, -0.2) is 43.9 Å². The number of hydrogen-bond donors (Lipinski definition) is 0. The number of rotatable bonds is 3. The molecule has 20 heavy (non-hydrogen) atoms. The van der Waals surface area contributed by atoms with E-state index in [9.17, 15) is 8.78 Å². The summed E-state index contributed by atoms with van der Waals surface area (Å²) in [6, 6.07) is 7.53. The summed E-state index contributed by atoms with van der Waals surface area (Å²) < 4.78 is 34.6. The van der Waals surface area contributed by atoms with E-state index in [4.69, 9.17) is 4.74 Å². The van der Waals surface area contributed by atoms with Crippen LogP contribution in [0.1, 0.15) is 12.0 Å². The van der Waals surface area contributed by atoms with Crippen molar-refractivity contribution in [2.45, 2.75) is 25.1 Å². The number of morpholine rings is 1. The maximum Gasteiger partial charge on any atom is 0.387 e. The highest BCUT2D eigenvalue weighted by Crippen LogP contribution is 2.32. The first-order valence-electron chi connectivity index (χ1n) is 6.69. The van der Waals surface area contributed by atoms with Crippen molar-refractivity contribution < 1.29 is 18.3 Å². The number of ether oxygens (including phenoxy) is 2. The highest BCUT2D eigenvalue weighted by Gasteiger charge is 2.32. The van der Waals surface area contributed by atoms with E-state index in [2.05, 4.69) is 22.8 Å². The third-order valence-corrected chi connectivity index (χ3v) is 3.98. The molecule has 0 amide bonds. The Balaban J connectivity index is 1.86. The summed E-state index contributed by atoms with van der Waals surface area (Å²) in [5.41, 5.74) is 2.13. The van der Waals surface area contributed by atoms with Crippen LogP contribution in [0.2, 0.25) is 0 Å². The Labute approximate surface area is 116 Å². The first kappa shape index (κ1) is 13.5. The van der Waals surface area contributed by atoms with Gasteiger partial charge in [0.2, 0.25) is 0 Å². The van der Waals surface area contributed by atoms with Gasteiger partial charge in [-0.1, -0.05) is 18.2 Å². The minimum Gasteiger partial charge on any atom is -0.435 e. The lowest BCUT2D eigenvalue weighted by Crippen LogP contribution is -2.51. The van der Waals surface area contributed by atoms with E-state index in [0.717, 1.165) is 18.6 Å². The van der Waals surface area contributed by atoms with Crippen molar-refractivity contribution in [2.24, 2.45) is 0 Å². The fourth-order valence-corrected chi connectivity index (χ4v) is 2.84. The second-order valence-corrected chi connectivity index (χ2v) is 5.23. The average Bonchev–Trinajstić information content (AvgIpc) is 2.37. The zero-order valence-corrected chi connectivity index (χ0v) is 11.3. The molecule has 0 radical (unpaired) electrons. The van der Waals surface area contributed by atoms with Crippen molar-refractivity contribution in [1.29, 1.82) is 0 Å². The van der Waals surface area contributed by atoms with Gasteiger partial charge in [0.05, 0.1) is 19.3 Å². The summed E-state index contributed by atoms with van der Waals surface area (Å²) in [5.74, 6) is 0.207. The SMILES string of the molecule is CN1C2C=C(c3cccc(OC(F)F)c3)CC1COC2. The molecule has 2 bridgehead atoms. The summed E-state index contributed by atoms with van der Waals surface area (Å²) in [6.45, 7) is -1.38. The monoisotopic (exact) mass is 281 g/mol. The van der Waals surface area contributed by atoms with Crippen LogP contribution in [-0.2, 0) is 4.74 Å². The minimum atomic E-state index is -2.79. The van der Waals surface area contributed by atoms with Gasteiger partial charge in [0.15, 0.2) is 0 Å². The molecule has 5 heteroatoms. The Morgan fingerprint density at radius 1 is 1.35 bits per heavy atom. The standard InChI is InChI=1S/C15H17F2NO2/c1-18-12-5-11(6-13(18)9-19-8-12)10-3-2-4-14(7-10)20-15(16)17/h2-5,7,12-13,15H,6,8-9H2,1H3. The van der Waals surface area contributed by atoms with Gasteiger partial charge in [-0.05, 0) is 36.7 Å². The predicted molar refractivity (Wildman–Crippen MR) is 71.8 cm³/mol. The molecule has 108 valence electrons. The molecule has 2 heterocycles. The molecule has 1 aromatic rings. The fraction of sp³-hybridized carbons (Fsp3) is 0.467. The number of fused-ring (bicyclic) bond motifs is 2. The third kappa shape index (κ3) is 2.69. The van der Waals surface area contributed by atoms with Crippen LogP contribution in [0, 0.1) is 0 Å². The van der Waals surface area contributed by atoms with Crippen LogP contribution in [0.15, 0.2) is 30.3 Å². The summed E-state index contributed by atoms with van der Waals surface area (Å²) in [7, 11) is 2.10. The van der Waals surface area contributed by atoms with E-state index < -0.39 is 6.61 Å². The number of nitrogens with zero attached hydrogens (tertiary/aromatic N) is 1. The number of benzene rings is 1. The first-order valence-corrected chi connectivity index (χ1v) is 6.69. The maximum atomic E-state index is 12.3. The zero-order chi connectivity index (χ0) is 14.1. The van der Waals surface area contributed by atoms with E-state index in [0.29, 0.717) is 12.6 Å². The van der Waals surface area contributed by atoms with Crippen LogP contribution in [0.25, 0.3) is 5.57 Å². The predicted octanol–water partition coefficient (Wildman–Crippen LogP) is 2.77. The Kier molecular flexibility index (Phi) is 3.72. The van der Waals surface area contributed by atoms with Crippen LogP contribution in [0.4, 0.5) is 8.78 Å². The number of alkyl halides is 2. The Morgan fingerprint density at radius 3 is 2.95 bits per heavy atom. The van der Waals surface area contributed by atoms with Crippen molar-refractivity contribution in [2.75, 3.05) is 20.3 Å². The lowest BCUT2D eigenvalue weighted by molar-refractivity contribution is -0.0498. The molecule has 3 nitrogen and oxygen atoms in total. The van der Waals surface area contributed by atoms with Gasteiger partial charge in [-0.2, -0.15) is 8.78 Å². The van der Waals surface area contributed by atoms with Gasteiger partial charge in [0.25, 0.3) is 0 Å². The molecule has 2 aliphatic heterocycles. The van der Waals surface area contributed by atoms with Gasteiger partial charge >= 0.3 is 6.61 Å². The van der Waals surface area contributed by atoms with E-state index in [1.807, 2.05) is 6.07 Å². The molecular weight excluding hydrogens is 264 g/mol. The van der Waals surface area contributed by atoms with Crippen molar-refractivity contribution in [3.63, 3.8) is 0 Å². The minimum absolute atomic E-state index is 0.207. The van der Waals surface area contributed by atoms with E-state index >= 15 is 0 Å². The third-order valence-electron chi connectivity index (χ3n) is 3.98. The van der Waals surface area contributed by atoms with E-state index in [1.54, 1.807) is 18.2 Å². The van der Waals surface area contributed by atoms with E-state index in [-0.39, 0.29) is 11.8 Å². The van der Waals surface area contributed by atoms with Crippen LogP contribution in [0.3, 0.4) is 0 Å². The molecule has 0 aliphatic carbocycles. The Morgan fingerprint density at radius 2 is 2.20 bits per heavy atom. The van der Waals surface area contributed by atoms with E-state index in [1.165, 1.54) is 5.57 Å². The molecule has 2 aliphatic rings. The normalized spacial score (nSPS) is 26.5. The lowest BCUT2D eigenvalue weighted by atomic mass is 9.90. The number of halogens is 2. The van der Waals surface area contributed by atoms with Crippen molar-refractivity contribution in [3.8, 4) is 5.75 Å². The molecule has 1 saturated heterocycles. The maximum absolute atomic E-state index is 12.3. The second-order valence-electron chi connectivity index (χ2n) is 5.23. The molecular formula is C15H17F2NO2. The number of likely N-dealkylation sites (N-methyl/N-ethyl adjacent to an activating group) is 1. The summed E-state index contributed by atoms with van der Waals surface area (Å²) >= 11 is 0. The first-order chi connectivity index (χ1) is 9.63. The highest BCUT2D eigenvalue weighted by atomic mass is 19.3. The van der Waals surface area contributed by atoms with Crippen LogP contribution >= 0.6 is 0 Å². The molecule has 2 unspecified atom stereocenters. The van der Waals surface area contributed by atoms with Gasteiger partial charge < -0.3 is 9.47 Å². The van der Waals surface area contributed by atoms with Crippen molar-refractivity contribution >= 4 is 5.57 Å². The molecule has 0 spiro atoms. The van der Waals surface area contributed by atoms with Crippen LogP contribution < -0.4 is 4.74 Å². The summed E-state index contributed by atoms with van der Waals surface area (Å²) in [5, 5.41) is 0. The lowest BCUT2D eigenvalue weighted by Gasteiger charge is -2.42. The van der Waals surface area contributed by atoms with Gasteiger partial charge in [-0.3, -0.25) is 4.90 Å². The second kappa shape index (κ2) is 5.50. The average molecular weight is 281 g/mol. The molecule has 0 N–H and O–H groups in total. The van der Waals surface area contributed by atoms with Gasteiger partial charge in [-0.15, -0.1) is 0 Å². The Bertz CT molecular complexity index is 518. The van der Waals surface area contributed by atoms with Crippen molar-refractivity contribution in [3.05, 3.63) is 35.9 Å². The smallest absolute Gasteiger partial charge is 0.387 e. The summed E-state index contributed by atoms with van der Waals surface area (Å²) in [6.07, 6.45) is 3.03. The molecule has 0 aromatic heterocycles. The largest absolute Gasteiger partial charge is 0.435 e. The fourth-order valence-electron chi connectivity index (χ4n) is 2.84. The van der Waals surface area contributed by atoms with Gasteiger partial charge in [0, 0.05) is 6.04 Å². The van der Waals surface area contributed by atoms with Crippen LogP contribution in [0.5, 0.6) is 5.75 Å². The van der Waals surface area contributed by atoms with Gasteiger partial charge in [-0.25, -0.2) is 0 Å². The topological polar surface area (TPSA) is 21.7 Å². The molecule has 3 rings (SSSR count). The zero-order valence-electron chi connectivity index (χ0n) is 11.3. The highest BCUT2D eigenvalue weighted by molar-refractivity contribution is 5.68. The molecule has 1 aromatic carbocycles. The molecule has 1 fully saturated rings. The number of hydrogen-bond acceptors (Lipinski definition) is 3. The Hall–Kier alpha value is -1.46. The van der Waals surface area contributed by atoms with Crippen molar-refractivity contribution in [1.82, 2.24) is 4.90 Å².